The Kier molecular flexibility index (Phi) is 43.4. The predicted octanol–water partition coefficient (Wildman–Crippen LogP) is 20.1. The summed E-state index contributed by atoms with van der Waals surface area (Å²) in [6.07, 6.45) is 9.33. The first kappa shape index (κ1) is 103. The number of aromatic nitrogens is 4. The van der Waals surface area contributed by atoms with E-state index in [1.807, 2.05) is 79.1 Å². The standard InChI is InChI=1S/4C22H22NO2.2C5H8O2.4Ir/c2*1-14-9-15(2)22(16(3)10-14)17-7-8-23-21(12-17)20-6-5-19(25-4)11-18(20)13-24;1-14-9-15(2)22(16(3)10-14)20-12-18(25-4)5-6-19(20)21-11-17(13-24)7-8-23-21;1-14-8-15(2)22(16(3)9-14)18-4-5-20(19(11-18)13-25)21-10-17(12-24)6-7-23-21;2*1-4(6)3-5(2)7;;;;/h3*5,7-12,24H,13H2,1-4H3;4,6-11,24-25H,12-13H2,1-3H3;2*3,6H,1-2H3;;;;/q4*-1;;;;;;. The van der Waals surface area contributed by atoms with Crippen molar-refractivity contribution in [2.75, 3.05) is 21.3 Å². The maximum absolute atomic E-state index is 10.0. The van der Waals surface area contributed by atoms with Crippen LogP contribution < -0.4 is 14.2 Å². The van der Waals surface area contributed by atoms with Gasteiger partial charge in [-0.3, -0.25) is 9.59 Å². The fourth-order valence-corrected chi connectivity index (χ4v) is 14.0. The third kappa shape index (κ3) is 28.9. The largest absolute Gasteiger partial charge is 0.540 e. The van der Waals surface area contributed by atoms with Gasteiger partial charge in [0, 0.05) is 154 Å². The van der Waals surface area contributed by atoms with Gasteiger partial charge in [0.1, 0.15) is 0 Å². The predicted molar refractivity (Wildman–Crippen MR) is 456 cm³/mol. The molecular weight excluding hydrogens is 2190 g/mol. The Morgan fingerprint density at radius 1 is 0.331 bits per heavy atom. The molecule has 4 aromatic heterocycles. The number of nitrogens with zero attached hydrogens (tertiary/aromatic N) is 4. The van der Waals surface area contributed by atoms with E-state index in [0.717, 1.165) is 95.2 Å². The zero-order valence-electron chi connectivity index (χ0n) is 70.1. The van der Waals surface area contributed by atoms with Crippen molar-refractivity contribution in [1.82, 2.24) is 19.9 Å². The van der Waals surface area contributed by atoms with Crippen molar-refractivity contribution in [3.63, 3.8) is 0 Å². The number of allylic oxidation sites excluding steroid dienone is 4. The summed E-state index contributed by atoms with van der Waals surface area (Å²) in [6, 6.07) is 61.0. The molecule has 8 aromatic carbocycles. The fourth-order valence-electron chi connectivity index (χ4n) is 14.0. The molecule has 0 saturated carbocycles. The van der Waals surface area contributed by atoms with Gasteiger partial charge in [-0.2, -0.15) is 0 Å². The molecule has 0 aliphatic heterocycles. The van der Waals surface area contributed by atoms with Gasteiger partial charge in [-0.25, -0.2) is 0 Å². The SMILES string of the molecule is CC(=O)C=C(C)O.CC(=O)C=C(C)O.COc1c[c-]c(-c2cc(-c3c(C)cc(C)cc3C)ccn2)c(CO)c1.COc1c[c-]c(-c2cc(-c3c(C)cc(C)cc3C)ccn2)c(CO)c1.COc1c[c-]c(-c2cc(CO)ccn2)c(-c2c(C)cc(C)cc2C)c1.Cc1cc(C)c(-c2c[c-]c(-c3cc(CO)ccn3)c(CO)c2)c(C)c1.[Ir].[Ir].[Ir].[Ir]. The van der Waals surface area contributed by atoms with Crippen molar-refractivity contribution >= 4 is 11.6 Å². The summed E-state index contributed by atoms with van der Waals surface area (Å²) in [5.41, 5.74) is 34.2. The first-order valence-electron chi connectivity index (χ1n) is 37.2. The van der Waals surface area contributed by atoms with E-state index in [1.54, 1.807) is 51.9 Å². The number of hydrogen-bond donors (Lipinski definition) is 7. The average Bonchev–Trinajstić information content (AvgIpc) is 0.788. The Hall–Kier alpha value is -9.42. The normalized spacial score (nSPS) is 10.5. The number of carbonyl (C=O) groups is 2. The molecule has 16 nitrogen and oxygen atoms in total. The Bertz CT molecular complexity index is 5170. The van der Waals surface area contributed by atoms with Crippen LogP contribution in [0.4, 0.5) is 0 Å². The molecule has 0 amide bonds. The van der Waals surface area contributed by atoms with Gasteiger partial charge in [0.25, 0.3) is 0 Å². The van der Waals surface area contributed by atoms with Crippen LogP contribution in [-0.2, 0) is 123 Å². The van der Waals surface area contributed by atoms with Gasteiger partial charge in [0.2, 0.25) is 0 Å². The van der Waals surface area contributed by atoms with Crippen LogP contribution in [0.5, 0.6) is 17.2 Å². The number of rotatable bonds is 18. The van der Waals surface area contributed by atoms with Crippen molar-refractivity contribution in [3.05, 3.63) is 313 Å². The van der Waals surface area contributed by atoms with Gasteiger partial charge < -0.3 is 69.9 Å². The van der Waals surface area contributed by atoms with E-state index in [4.69, 9.17) is 24.4 Å². The summed E-state index contributed by atoms with van der Waals surface area (Å²) < 4.78 is 15.9. The molecule has 12 rings (SSSR count). The van der Waals surface area contributed by atoms with E-state index in [0.29, 0.717) is 17.2 Å². The Labute approximate surface area is 750 Å². The van der Waals surface area contributed by atoms with Crippen LogP contribution in [0.15, 0.2) is 194 Å². The molecule has 0 unspecified atom stereocenters. The van der Waals surface area contributed by atoms with E-state index in [2.05, 4.69) is 188 Å². The molecule has 7 N–H and O–H groups in total. The van der Waals surface area contributed by atoms with Crippen molar-refractivity contribution in [2.45, 2.75) is 144 Å². The molecule has 628 valence electrons. The molecule has 0 aliphatic carbocycles. The summed E-state index contributed by atoms with van der Waals surface area (Å²) in [7, 11) is 4.86. The third-order valence-electron chi connectivity index (χ3n) is 18.4. The third-order valence-corrected chi connectivity index (χ3v) is 18.4. The Morgan fingerprint density at radius 3 is 0.898 bits per heavy atom. The second kappa shape index (κ2) is 49.8. The van der Waals surface area contributed by atoms with Crippen LogP contribution in [0.25, 0.3) is 89.5 Å². The molecule has 0 bridgehead atoms. The number of carbonyl (C=O) groups excluding carboxylic acids is 2. The van der Waals surface area contributed by atoms with E-state index >= 15 is 0 Å². The van der Waals surface area contributed by atoms with Crippen molar-refractivity contribution in [2.24, 2.45) is 0 Å². The van der Waals surface area contributed by atoms with Gasteiger partial charge in [-0.1, -0.05) is 169 Å². The van der Waals surface area contributed by atoms with Crippen LogP contribution >= 0.6 is 0 Å². The van der Waals surface area contributed by atoms with Crippen molar-refractivity contribution in [3.8, 4) is 107 Å². The molecule has 4 heterocycles. The number of ketones is 2. The minimum Gasteiger partial charge on any atom is -0.540 e. The van der Waals surface area contributed by atoms with E-state index in [9.17, 15) is 35.1 Å². The van der Waals surface area contributed by atoms with E-state index in [1.165, 1.54) is 129 Å². The molecule has 0 atom stereocenters. The molecule has 12 aromatic rings. The summed E-state index contributed by atoms with van der Waals surface area (Å²) in [4.78, 5) is 37.9. The molecule has 118 heavy (non-hydrogen) atoms. The van der Waals surface area contributed by atoms with Crippen LogP contribution in [0, 0.1) is 107 Å². The minimum atomic E-state index is -0.125. The number of methoxy groups -OCH3 is 3. The molecule has 0 fully saturated rings. The maximum atomic E-state index is 10.0. The minimum absolute atomic E-state index is 0. The number of ether oxygens (including phenoxy) is 3. The number of pyridine rings is 4. The topological polar surface area (TPSA) is 255 Å². The summed E-state index contributed by atoms with van der Waals surface area (Å²) >= 11 is 0. The summed E-state index contributed by atoms with van der Waals surface area (Å²) in [6.45, 7) is 30.8. The van der Waals surface area contributed by atoms with Gasteiger partial charge in [0.15, 0.2) is 11.6 Å². The van der Waals surface area contributed by atoms with Crippen molar-refractivity contribution < 1.29 is 140 Å². The van der Waals surface area contributed by atoms with Gasteiger partial charge in [-0.05, 0) is 213 Å². The quantitative estimate of drug-likeness (QED) is 0.0239. The van der Waals surface area contributed by atoms with Crippen LogP contribution in [0.1, 0.15) is 122 Å². The molecule has 20 heteroatoms. The number of benzene rings is 8. The first-order valence-corrected chi connectivity index (χ1v) is 37.2. The molecule has 4 radical (unpaired) electrons. The summed E-state index contributed by atoms with van der Waals surface area (Å²) in [5, 5.41) is 64.8. The molecule has 0 spiro atoms. The maximum Gasteiger partial charge on any atom is 0.155 e. The van der Waals surface area contributed by atoms with Gasteiger partial charge in [0.05, 0.1) is 46.1 Å². The molecular formula is C98H104Ir4N4O12-4. The number of hydrogen-bond acceptors (Lipinski definition) is 16. The zero-order chi connectivity index (χ0) is 83.6. The Morgan fingerprint density at radius 2 is 0.602 bits per heavy atom. The first-order chi connectivity index (χ1) is 54.4. The van der Waals surface area contributed by atoms with Gasteiger partial charge >= 0.3 is 0 Å². The molecule has 0 saturated heterocycles. The monoisotopic (exact) mass is 2300 g/mol. The fraction of sp³-hybridized carbons (Fsp3) is 0.245. The number of aliphatic hydroxyl groups is 7. The van der Waals surface area contributed by atoms with Crippen LogP contribution in [0.3, 0.4) is 0 Å². The second-order valence-electron chi connectivity index (χ2n) is 28.1. The van der Waals surface area contributed by atoms with Crippen molar-refractivity contribution in [1.29, 1.82) is 0 Å². The smallest absolute Gasteiger partial charge is 0.155 e. The summed E-state index contributed by atoms with van der Waals surface area (Å²) in [5.74, 6) is 1.99. The van der Waals surface area contributed by atoms with Crippen LogP contribution in [-0.4, -0.2) is 88.6 Å². The van der Waals surface area contributed by atoms with E-state index < -0.39 is 0 Å². The second-order valence-corrected chi connectivity index (χ2v) is 28.1. The van der Waals surface area contributed by atoms with Gasteiger partial charge in [-0.15, -0.1) is 82.4 Å². The number of aryl methyl sites for hydroxylation is 12. The van der Waals surface area contributed by atoms with Crippen LogP contribution in [0.2, 0.25) is 0 Å². The Balaban J connectivity index is 0.000000381. The molecule has 0 aliphatic rings. The van der Waals surface area contributed by atoms with E-state index in [-0.39, 0.29) is 137 Å². The average molecular weight is 2300 g/mol. The number of aliphatic hydroxyl groups excluding tert-OH is 7. The zero-order valence-corrected chi connectivity index (χ0v) is 79.7.